The second kappa shape index (κ2) is 7.31. The summed E-state index contributed by atoms with van der Waals surface area (Å²) >= 11 is 5.79. The monoisotopic (exact) mass is 305 g/mol. The number of esters is 1. The number of rotatable bonds is 5. The maximum atomic E-state index is 11.6. The second-order valence-corrected chi connectivity index (χ2v) is 4.45. The second-order valence-electron chi connectivity index (χ2n) is 4.01. The van der Waals surface area contributed by atoms with E-state index >= 15 is 0 Å². The Morgan fingerprint density at radius 2 is 2.14 bits per heavy atom. The van der Waals surface area contributed by atoms with Crippen LogP contribution in [0, 0.1) is 0 Å². The first kappa shape index (κ1) is 14.9. The molecule has 1 amide bonds. The molecule has 0 aliphatic heterocycles. The predicted octanol–water partition coefficient (Wildman–Crippen LogP) is 3.13. The molecule has 2 rings (SSSR count). The van der Waals surface area contributed by atoms with Gasteiger partial charge in [0.25, 0.3) is 5.91 Å². The topological polar surface area (TPSA) is 68.5 Å². The minimum Gasteiger partial charge on any atom is -0.465 e. The van der Waals surface area contributed by atoms with Crippen LogP contribution in [0.3, 0.4) is 0 Å². The van der Waals surface area contributed by atoms with E-state index in [9.17, 15) is 9.59 Å². The molecule has 6 heteroatoms. The van der Waals surface area contributed by atoms with Gasteiger partial charge in [-0.05, 0) is 36.4 Å². The maximum Gasteiger partial charge on any atom is 0.331 e. The minimum atomic E-state index is -0.632. The number of halogens is 1. The van der Waals surface area contributed by atoms with Crippen LogP contribution in [0.15, 0.2) is 53.2 Å². The van der Waals surface area contributed by atoms with E-state index in [-0.39, 0.29) is 6.61 Å². The molecule has 0 aliphatic rings. The molecule has 0 unspecified atom stereocenters. The Morgan fingerprint density at radius 1 is 1.29 bits per heavy atom. The third-order valence-corrected chi connectivity index (χ3v) is 2.62. The summed E-state index contributed by atoms with van der Waals surface area (Å²) < 4.78 is 9.81. The van der Waals surface area contributed by atoms with Crippen molar-refractivity contribution in [2.45, 2.75) is 0 Å². The van der Waals surface area contributed by atoms with Crippen molar-refractivity contribution in [2.75, 3.05) is 11.9 Å². The molecule has 0 spiro atoms. The van der Waals surface area contributed by atoms with E-state index in [0.29, 0.717) is 16.5 Å². The van der Waals surface area contributed by atoms with Gasteiger partial charge in [0.2, 0.25) is 0 Å². The third-order valence-electron chi connectivity index (χ3n) is 2.38. The van der Waals surface area contributed by atoms with Crippen molar-refractivity contribution in [3.05, 3.63) is 59.5 Å². The highest BCUT2D eigenvalue weighted by atomic mass is 35.5. The summed E-state index contributed by atoms with van der Waals surface area (Å²) in [4.78, 5) is 23.0. The lowest BCUT2D eigenvalue weighted by Crippen LogP contribution is -2.20. The number of anilines is 1. The van der Waals surface area contributed by atoms with Crippen molar-refractivity contribution in [1.82, 2.24) is 0 Å². The number of ether oxygens (including phenoxy) is 1. The van der Waals surface area contributed by atoms with Gasteiger partial charge in [-0.2, -0.15) is 0 Å². The molecule has 1 aromatic carbocycles. The fraction of sp³-hybridized carbons (Fsp3) is 0.0667. The van der Waals surface area contributed by atoms with Crippen LogP contribution in [0.4, 0.5) is 5.69 Å². The molecule has 1 aromatic heterocycles. The number of carbonyl (C=O) groups excluding carboxylic acids is 2. The predicted molar refractivity (Wildman–Crippen MR) is 78.8 cm³/mol. The molecule has 1 heterocycles. The summed E-state index contributed by atoms with van der Waals surface area (Å²) in [6.07, 6.45) is 4.13. The van der Waals surface area contributed by atoms with E-state index < -0.39 is 11.9 Å². The summed E-state index contributed by atoms with van der Waals surface area (Å²) in [6.45, 7) is -0.381. The SMILES string of the molecule is O=C(COC(=O)C=Cc1ccco1)Nc1cccc(Cl)c1. The Labute approximate surface area is 126 Å². The first-order chi connectivity index (χ1) is 10.1. The van der Waals surface area contributed by atoms with Gasteiger partial charge in [0, 0.05) is 16.8 Å². The molecule has 5 nitrogen and oxygen atoms in total. The van der Waals surface area contributed by atoms with E-state index in [2.05, 4.69) is 5.32 Å². The molecule has 1 N–H and O–H groups in total. The van der Waals surface area contributed by atoms with E-state index in [4.69, 9.17) is 20.8 Å². The molecule has 0 radical (unpaired) electrons. The molecule has 0 saturated carbocycles. The molecule has 0 bridgehead atoms. The Hall–Kier alpha value is -2.53. The molecule has 0 fully saturated rings. The van der Waals surface area contributed by atoms with E-state index in [1.807, 2.05) is 0 Å². The molecular formula is C15H12ClNO4. The van der Waals surface area contributed by atoms with Crippen molar-refractivity contribution in [1.29, 1.82) is 0 Å². The van der Waals surface area contributed by atoms with Gasteiger partial charge in [0.1, 0.15) is 5.76 Å². The summed E-state index contributed by atoms with van der Waals surface area (Å²) in [7, 11) is 0. The van der Waals surface area contributed by atoms with Gasteiger partial charge in [0.15, 0.2) is 6.61 Å². The molecule has 0 aliphatic carbocycles. The zero-order chi connectivity index (χ0) is 15.1. The summed E-state index contributed by atoms with van der Waals surface area (Å²) in [5, 5.41) is 3.07. The van der Waals surface area contributed by atoms with Crippen molar-refractivity contribution in [3.8, 4) is 0 Å². The standard InChI is InChI=1S/C15H12ClNO4/c16-11-3-1-4-12(9-11)17-14(18)10-21-15(19)7-6-13-5-2-8-20-13/h1-9H,10H2,(H,17,18). The highest BCUT2D eigenvalue weighted by Crippen LogP contribution is 2.14. The summed E-state index contributed by atoms with van der Waals surface area (Å²) in [6, 6.07) is 10.1. The van der Waals surface area contributed by atoms with Gasteiger partial charge in [0.05, 0.1) is 6.26 Å². The Balaban J connectivity index is 1.77. The van der Waals surface area contributed by atoms with Crippen molar-refractivity contribution >= 4 is 35.2 Å². The molecule has 0 atom stereocenters. The smallest absolute Gasteiger partial charge is 0.331 e. The number of carbonyl (C=O) groups is 2. The van der Waals surface area contributed by atoms with Crippen LogP contribution >= 0.6 is 11.6 Å². The van der Waals surface area contributed by atoms with E-state index in [0.717, 1.165) is 0 Å². The maximum absolute atomic E-state index is 11.6. The highest BCUT2D eigenvalue weighted by molar-refractivity contribution is 6.30. The van der Waals surface area contributed by atoms with Crippen molar-refractivity contribution < 1.29 is 18.7 Å². The van der Waals surface area contributed by atoms with Gasteiger partial charge in [-0.25, -0.2) is 4.79 Å². The number of amides is 1. The Kier molecular flexibility index (Phi) is 5.17. The van der Waals surface area contributed by atoms with Crippen LogP contribution in [0.25, 0.3) is 6.08 Å². The molecule has 108 valence electrons. The molecule has 2 aromatic rings. The fourth-order valence-corrected chi connectivity index (χ4v) is 1.67. The average molecular weight is 306 g/mol. The lowest BCUT2D eigenvalue weighted by Gasteiger charge is -2.05. The van der Waals surface area contributed by atoms with Gasteiger partial charge >= 0.3 is 5.97 Å². The van der Waals surface area contributed by atoms with E-state index in [1.165, 1.54) is 18.4 Å². The summed E-state index contributed by atoms with van der Waals surface area (Å²) in [5.74, 6) is -0.556. The van der Waals surface area contributed by atoms with Crippen LogP contribution < -0.4 is 5.32 Å². The Morgan fingerprint density at radius 3 is 2.86 bits per heavy atom. The number of nitrogens with one attached hydrogen (secondary N) is 1. The van der Waals surface area contributed by atoms with Crippen LogP contribution in [0.2, 0.25) is 5.02 Å². The molecule has 0 saturated heterocycles. The van der Waals surface area contributed by atoms with E-state index in [1.54, 1.807) is 36.4 Å². The first-order valence-corrected chi connectivity index (χ1v) is 6.45. The molecular weight excluding hydrogens is 294 g/mol. The van der Waals surface area contributed by atoms with Crippen LogP contribution in [-0.2, 0) is 14.3 Å². The van der Waals surface area contributed by atoms with Crippen molar-refractivity contribution in [2.24, 2.45) is 0 Å². The van der Waals surface area contributed by atoms with Gasteiger partial charge < -0.3 is 14.5 Å². The average Bonchev–Trinajstić information content (AvgIpc) is 2.96. The zero-order valence-electron chi connectivity index (χ0n) is 10.9. The Bertz CT molecular complexity index is 649. The van der Waals surface area contributed by atoms with Gasteiger partial charge in [-0.1, -0.05) is 17.7 Å². The lowest BCUT2D eigenvalue weighted by molar-refractivity contribution is -0.142. The summed E-state index contributed by atoms with van der Waals surface area (Å²) in [5.41, 5.74) is 0.537. The highest BCUT2D eigenvalue weighted by Gasteiger charge is 2.06. The number of benzene rings is 1. The molecule has 21 heavy (non-hydrogen) atoms. The van der Waals surface area contributed by atoms with Crippen LogP contribution in [0.1, 0.15) is 5.76 Å². The minimum absolute atomic E-state index is 0.381. The van der Waals surface area contributed by atoms with Crippen molar-refractivity contribution in [3.63, 3.8) is 0 Å². The zero-order valence-corrected chi connectivity index (χ0v) is 11.7. The third kappa shape index (κ3) is 5.16. The quantitative estimate of drug-likeness (QED) is 0.680. The van der Waals surface area contributed by atoms with Gasteiger partial charge in [-0.15, -0.1) is 0 Å². The number of hydrogen-bond donors (Lipinski definition) is 1. The van der Waals surface area contributed by atoms with Crippen LogP contribution in [-0.4, -0.2) is 18.5 Å². The van der Waals surface area contributed by atoms with Crippen LogP contribution in [0.5, 0.6) is 0 Å². The fourth-order valence-electron chi connectivity index (χ4n) is 1.48. The number of furan rings is 1. The largest absolute Gasteiger partial charge is 0.465 e. The van der Waals surface area contributed by atoms with Gasteiger partial charge in [-0.3, -0.25) is 4.79 Å². The number of hydrogen-bond acceptors (Lipinski definition) is 4. The normalized spacial score (nSPS) is 10.5. The lowest BCUT2D eigenvalue weighted by atomic mass is 10.3. The first-order valence-electron chi connectivity index (χ1n) is 6.07.